The Morgan fingerprint density at radius 2 is 0.714 bits per heavy atom. The van der Waals surface area contributed by atoms with Gasteiger partial charge in [-0.3, -0.25) is 0 Å². The zero-order valence-electron chi connectivity index (χ0n) is 14.5. The highest BCUT2D eigenvalue weighted by molar-refractivity contribution is 7.98. The highest BCUT2D eigenvalue weighted by Crippen LogP contribution is 2.35. The second-order valence-electron chi connectivity index (χ2n) is 5.23. The van der Waals surface area contributed by atoms with E-state index < -0.39 is 0 Å². The maximum absolute atomic E-state index is 2.33. The van der Waals surface area contributed by atoms with Crippen molar-refractivity contribution in [2.75, 3.05) is 18.8 Å². The van der Waals surface area contributed by atoms with Crippen LogP contribution in [0.15, 0.2) is 0 Å². The van der Waals surface area contributed by atoms with E-state index in [1.54, 1.807) is 33.4 Å². The van der Waals surface area contributed by atoms with Gasteiger partial charge < -0.3 is 0 Å². The normalized spacial score (nSPS) is 11.1. The van der Waals surface area contributed by atoms with Crippen LogP contribution in [-0.4, -0.2) is 18.8 Å². The summed E-state index contributed by atoms with van der Waals surface area (Å²) in [5.74, 6) is 3.50. The van der Waals surface area contributed by atoms with Crippen molar-refractivity contribution in [1.82, 2.24) is 0 Å². The lowest BCUT2D eigenvalue weighted by Crippen LogP contribution is -2.11. The van der Waals surface area contributed by atoms with Gasteiger partial charge in [0.15, 0.2) is 0 Å². The molecule has 0 bridgehead atoms. The van der Waals surface area contributed by atoms with Crippen molar-refractivity contribution in [3.05, 3.63) is 33.4 Å². The monoisotopic (exact) mass is 342 g/mol. The van der Waals surface area contributed by atoms with E-state index >= 15 is 0 Å². The number of benzene rings is 1. The molecule has 21 heavy (non-hydrogen) atoms. The van der Waals surface area contributed by atoms with E-state index in [0.717, 1.165) is 0 Å². The van der Waals surface area contributed by atoms with Gasteiger partial charge in [0.05, 0.1) is 0 Å². The zero-order valence-corrected chi connectivity index (χ0v) is 16.9. The Balaban J connectivity index is 3.67. The van der Waals surface area contributed by atoms with Gasteiger partial charge in [0, 0.05) is 17.3 Å². The van der Waals surface area contributed by atoms with Gasteiger partial charge >= 0.3 is 0 Å². The van der Waals surface area contributed by atoms with Gasteiger partial charge in [-0.15, -0.1) is 0 Å². The predicted octanol–water partition coefficient (Wildman–Crippen LogP) is 5.96. The molecule has 1 aromatic rings. The average Bonchev–Trinajstić information content (AvgIpc) is 2.49. The summed E-state index contributed by atoms with van der Waals surface area (Å²) < 4.78 is 0. The largest absolute Gasteiger partial charge is 0.161 e. The van der Waals surface area contributed by atoms with Gasteiger partial charge in [0.2, 0.25) is 0 Å². The second kappa shape index (κ2) is 10.1. The Morgan fingerprint density at radius 1 is 0.476 bits per heavy atom. The van der Waals surface area contributed by atoms with E-state index in [2.05, 4.69) is 39.5 Å². The summed E-state index contributed by atoms with van der Waals surface area (Å²) in [6.07, 6.45) is 10.2. The maximum Gasteiger partial charge on any atom is 0.0187 e. The topological polar surface area (TPSA) is 0 Å². The van der Waals surface area contributed by atoms with Crippen LogP contribution in [0.3, 0.4) is 0 Å². The highest BCUT2D eigenvalue weighted by Gasteiger charge is 2.20. The van der Waals surface area contributed by atoms with Gasteiger partial charge in [0.25, 0.3) is 0 Å². The summed E-state index contributed by atoms with van der Waals surface area (Å²) in [5.41, 5.74) is 9.90. The van der Waals surface area contributed by atoms with Crippen molar-refractivity contribution in [3.63, 3.8) is 0 Å². The lowest BCUT2D eigenvalue weighted by molar-refractivity contribution is 0.947. The molecule has 0 aliphatic heterocycles. The minimum atomic E-state index is 1.17. The van der Waals surface area contributed by atoms with Crippen molar-refractivity contribution in [2.24, 2.45) is 0 Å². The summed E-state index contributed by atoms with van der Waals surface area (Å²) in [6, 6.07) is 0. The molecule has 0 aliphatic carbocycles. The molecule has 1 aromatic carbocycles. The quantitative estimate of drug-likeness (QED) is 0.543. The lowest BCUT2D eigenvalue weighted by Gasteiger charge is -2.25. The van der Waals surface area contributed by atoms with Crippen molar-refractivity contribution in [1.29, 1.82) is 0 Å². The molecule has 0 saturated carbocycles. The fourth-order valence-electron chi connectivity index (χ4n) is 3.33. The third-order valence-electron chi connectivity index (χ3n) is 4.11. The summed E-state index contributed by atoms with van der Waals surface area (Å²) in [7, 11) is 0. The van der Waals surface area contributed by atoms with Gasteiger partial charge in [-0.25, -0.2) is 0 Å². The summed E-state index contributed by atoms with van der Waals surface area (Å²) in [6.45, 7) is 6.99. The Morgan fingerprint density at radius 3 is 0.857 bits per heavy atom. The number of thioether (sulfide) groups is 3. The van der Waals surface area contributed by atoms with E-state index in [-0.39, 0.29) is 0 Å². The number of rotatable bonds is 9. The third-order valence-corrected chi connectivity index (χ3v) is 5.84. The third kappa shape index (κ3) is 4.39. The van der Waals surface area contributed by atoms with E-state index in [1.807, 2.05) is 35.3 Å². The Hall–Kier alpha value is 0.270. The van der Waals surface area contributed by atoms with Gasteiger partial charge in [0.1, 0.15) is 0 Å². The molecule has 0 spiro atoms. The van der Waals surface area contributed by atoms with E-state index in [4.69, 9.17) is 0 Å². The molecule has 0 saturated heterocycles. The minimum Gasteiger partial charge on any atom is -0.161 e. The average molecular weight is 343 g/mol. The van der Waals surface area contributed by atoms with Crippen LogP contribution in [0, 0.1) is 0 Å². The van der Waals surface area contributed by atoms with Crippen molar-refractivity contribution in [3.8, 4) is 0 Å². The first-order valence-corrected chi connectivity index (χ1v) is 12.0. The standard InChI is InChI=1S/C18H30S3/c1-7-13-16(10-19-4)14(8-2)18(12-21-6)15(9-3)17(13)11-20-5/h7-12H2,1-6H3. The molecule has 1 rings (SSSR count). The van der Waals surface area contributed by atoms with Gasteiger partial charge in [-0.2, -0.15) is 35.3 Å². The van der Waals surface area contributed by atoms with Crippen molar-refractivity contribution in [2.45, 2.75) is 57.3 Å². The maximum atomic E-state index is 2.33. The Bertz CT molecular complexity index is 365. The van der Waals surface area contributed by atoms with Crippen LogP contribution in [0.5, 0.6) is 0 Å². The van der Waals surface area contributed by atoms with Gasteiger partial charge in [-0.05, 0) is 71.4 Å². The van der Waals surface area contributed by atoms with E-state index in [0.29, 0.717) is 0 Å². The highest BCUT2D eigenvalue weighted by atomic mass is 32.2. The molecule has 3 heteroatoms. The molecule has 0 atom stereocenters. The van der Waals surface area contributed by atoms with Crippen LogP contribution in [0.1, 0.15) is 54.2 Å². The first-order valence-electron chi connectivity index (χ1n) is 7.83. The Labute approximate surface area is 144 Å². The van der Waals surface area contributed by atoms with Crippen LogP contribution in [0.4, 0.5) is 0 Å². The van der Waals surface area contributed by atoms with Crippen molar-refractivity contribution < 1.29 is 0 Å². The Kier molecular flexibility index (Phi) is 9.31. The fraction of sp³-hybridized carbons (Fsp3) is 0.667. The predicted molar refractivity (Wildman–Crippen MR) is 106 cm³/mol. The molecule has 0 unspecified atom stereocenters. The smallest absolute Gasteiger partial charge is 0.0187 e. The molecular formula is C18H30S3. The SMILES string of the molecule is CCc1c(CSC)c(CC)c(CSC)c(CC)c1CSC. The molecule has 0 aliphatic rings. The second-order valence-corrected chi connectivity index (χ2v) is 7.83. The van der Waals surface area contributed by atoms with Gasteiger partial charge in [-0.1, -0.05) is 20.8 Å². The molecule has 0 aromatic heterocycles. The molecular weight excluding hydrogens is 312 g/mol. The van der Waals surface area contributed by atoms with Crippen molar-refractivity contribution >= 4 is 35.3 Å². The molecule has 0 fully saturated rings. The zero-order chi connectivity index (χ0) is 15.8. The van der Waals surface area contributed by atoms with Crippen LogP contribution >= 0.6 is 35.3 Å². The first-order chi connectivity index (χ1) is 10.2. The minimum absolute atomic E-state index is 1.17. The molecule has 0 amide bonds. The lowest BCUT2D eigenvalue weighted by atomic mass is 9.85. The molecule has 120 valence electrons. The fourth-order valence-corrected chi connectivity index (χ4v) is 5.24. The van der Waals surface area contributed by atoms with Crippen LogP contribution in [0.25, 0.3) is 0 Å². The van der Waals surface area contributed by atoms with E-state index in [9.17, 15) is 0 Å². The summed E-state index contributed by atoms with van der Waals surface area (Å²) in [5, 5.41) is 0. The van der Waals surface area contributed by atoms with Crippen LogP contribution in [0.2, 0.25) is 0 Å². The van der Waals surface area contributed by atoms with E-state index in [1.165, 1.54) is 36.5 Å². The molecule has 0 nitrogen and oxygen atoms in total. The number of hydrogen-bond acceptors (Lipinski definition) is 3. The first kappa shape index (κ1) is 19.3. The molecule has 0 heterocycles. The van der Waals surface area contributed by atoms with Crippen LogP contribution < -0.4 is 0 Å². The molecule has 0 N–H and O–H groups in total. The number of hydrogen-bond donors (Lipinski definition) is 0. The van der Waals surface area contributed by atoms with Crippen LogP contribution in [-0.2, 0) is 36.5 Å². The summed E-state index contributed by atoms with van der Waals surface area (Å²) in [4.78, 5) is 0. The molecule has 0 radical (unpaired) electrons. The summed E-state index contributed by atoms with van der Waals surface area (Å²) >= 11 is 5.90.